The standard InChI is InChI=1S/C14H30Si/c1-5-9-10-11-12-13-14-15(6-2,7-3)8-4/h5,9H,6-8,10-14H2,1-4H3. The second-order valence-electron chi connectivity index (χ2n) is 4.73. The van der Waals surface area contributed by atoms with E-state index in [4.69, 9.17) is 0 Å². The number of allylic oxidation sites excluding steroid dienone is 2. The molecule has 0 saturated carbocycles. The summed E-state index contributed by atoms with van der Waals surface area (Å²) in [5, 5.41) is 0. The lowest BCUT2D eigenvalue weighted by Crippen LogP contribution is -2.30. The van der Waals surface area contributed by atoms with Crippen molar-refractivity contribution in [2.75, 3.05) is 0 Å². The van der Waals surface area contributed by atoms with Crippen molar-refractivity contribution in [1.82, 2.24) is 0 Å². The molecule has 1 heteroatoms. The lowest BCUT2D eigenvalue weighted by atomic mass is 10.2. The quantitative estimate of drug-likeness (QED) is 0.271. The molecule has 0 rings (SSSR count). The zero-order chi connectivity index (χ0) is 11.6. The van der Waals surface area contributed by atoms with Gasteiger partial charge in [0.15, 0.2) is 0 Å². The van der Waals surface area contributed by atoms with Crippen LogP contribution in [0.3, 0.4) is 0 Å². The highest BCUT2D eigenvalue weighted by molar-refractivity contribution is 6.79. The molecular weight excluding hydrogens is 196 g/mol. The third kappa shape index (κ3) is 6.19. The summed E-state index contributed by atoms with van der Waals surface area (Å²) in [6, 6.07) is 6.06. The van der Waals surface area contributed by atoms with E-state index in [0.717, 1.165) is 0 Å². The maximum Gasteiger partial charge on any atom is 0.0527 e. The van der Waals surface area contributed by atoms with Gasteiger partial charge in [0.05, 0.1) is 8.07 Å². The number of hydrogen-bond donors (Lipinski definition) is 0. The first-order valence-corrected chi connectivity index (χ1v) is 9.68. The van der Waals surface area contributed by atoms with Gasteiger partial charge in [-0.15, -0.1) is 0 Å². The third-order valence-electron chi connectivity index (χ3n) is 4.06. The molecule has 0 saturated heterocycles. The maximum atomic E-state index is 2.42. The molecule has 15 heavy (non-hydrogen) atoms. The first-order valence-electron chi connectivity index (χ1n) is 6.85. The van der Waals surface area contributed by atoms with Crippen molar-refractivity contribution in [2.24, 2.45) is 0 Å². The summed E-state index contributed by atoms with van der Waals surface area (Å²) in [5.41, 5.74) is 0. The van der Waals surface area contributed by atoms with Crippen LogP contribution in [-0.4, -0.2) is 8.07 Å². The van der Waals surface area contributed by atoms with E-state index >= 15 is 0 Å². The van der Waals surface area contributed by atoms with Gasteiger partial charge in [-0.25, -0.2) is 0 Å². The lowest BCUT2D eigenvalue weighted by molar-refractivity contribution is 0.718. The van der Waals surface area contributed by atoms with Crippen molar-refractivity contribution < 1.29 is 0 Å². The van der Waals surface area contributed by atoms with Gasteiger partial charge in [-0.2, -0.15) is 0 Å². The highest BCUT2D eigenvalue weighted by atomic mass is 28.3. The average molecular weight is 226 g/mol. The number of unbranched alkanes of at least 4 members (excludes halogenated alkanes) is 3. The van der Waals surface area contributed by atoms with Crippen molar-refractivity contribution in [3.8, 4) is 0 Å². The predicted molar refractivity (Wildman–Crippen MR) is 75.3 cm³/mol. The van der Waals surface area contributed by atoms with Crippen LogP contribution >= 0.6 is 0 Å². The molecule has 0 unspecified atom stereocenters. The molecule has 0 spiro atoms. The Morgan fingerprint density at radius 3 is 1.93 bits per heavy atom. The fourth-order valence-electron chi connectivity index (χ4n) is 2.39. The van der Waals surface area contributed by atoms with Crippen LogP contribution in [0.25, 0.3) is 0 Å². The van der Waals surface area contributed by atoms with Crippen LogP contribution in [-0.2, 0) is 0 Å². The van der Waals surface area contributed by atoms with Crippen LogP contribution in [0.2, 0.25) is 24.2 Å². The molecule has 0 aromatic heterocycles. The highest BCUT2D eigenvalue weighted by Gasteiger charge is 2.25. The molecule has 90 valence electrons. The fraction of sp³-hybridized carbons (Fsp3) is 0.857. The molecule has 0 nitrogen and oxygen atoms in total. The van der Waals surface area contributed by atoms with Crippen LogP contribution in [0.5, 0.6) is 0 Å². The fourth-order valence-corrected chi connectivity index (χ4v) is 5.95. The maximum absolute atomic E-state index is 2.42. The summed E-state index contributed by atoms with van der Waals surface area (Å²) in [6.45, 7) is 9.36. The van der Waals surface area contributed by atoms with Crippen LogP contribution in [0, 0.1) is 0 Å². The van der Waals surface area contributed by atoms with Gasteiger partial charge in [0.1, 0.15) is 0 Å². The van der Waals surface area contributed by atoms with Crippen LogP contribution in [0.4, 0.5) is 0 Å². The van der Waals surface area contributed by atoms with E-state index in [9.17, 15) is 0 Å². The van der Waals surface area contributed by atoms with Gasteiger partial charge in [-0.1, -0.05) is 69.9 Å². The molecule has 0 atom stereocenters. The summed E-state index contributed by atoms with van der Waals surface area (Å²) < 4.78 is 0. The van der Waals surface area contributed by atoms with E-state index in [1.807, 2.05) is 0 Å². The Balaban J connectivity index is 3.62. The van der Waals surface area contributed by atoms with E-state index < -0.39 is 8.07 Å². The van der Waals surface area contributed by atoms with E-state index in [1.165, 1.54) is 43.8 Å². The topological polar surface area (TPSA) is 0 Å². The van der Waals surface area contributed by atoms with E-state index in [1.54, 1.807) is 6.04 Å². The molecule has 0 aromatic rings. The Morgan fingerprint density at radius 1 is 0.867 bits per heavy atom. The average Bonchev–Trinajstić information content (AvgIpc) is 2.29. The smallest absolute Gasteiger partial charge is 0.0527 e. The first kappa shape index (κ1) is 15.0. The molecule has 0 aromatic carbocycles. The van der Waals surface area contributed by atoms with Gasteiger partial charge in [-0.05, 0) is 19.8 Å². The molecule has 0 fully saturated rings. The summed E-state index contributed by atoms with van der Waals surface area (Å²) >= 11 is 0. The van der Waals surface area contributed by atoms with Crippen molar-refractivity contribution in [1.29, 1.82) is 0 Å². The van der Waals surface area contributed by atoms with Gasteiger partial charge in [0.25, 0.3) is 0 Å². The molecule has 0 aliphatic rings. The summed E-state index contributed by atoms with van der Waals surface area (Å²) in [4.78, 5) is 0. The normalized spacial score (nSPS) is 12.5. The zero-order valence-corrected chi connectivity index (χ0v) is 12.3. The second-order valence-corrected chi connectivity index (χ2v) is 10.4. The minimum atomic E-state index is -0.804. The molecule has 0 aliphatic carbocycles. The first-order chi connectivity index (χ1) is 7.24. The molecule has 0 heterocycles. The monoisotopic (exact) mass is 226 g/mol. The number of hydrogen-bond acceptors (Lipinski definition) is 0. The minimum Gasteiger partial charge on any atom is -0.0917 e. The Kier molecular flexibility index (Phi) is 9.18. The van der Waals surface area contributed by atoms with Crippen molar-refractivity contribution in [3.05, 3.63) is 12.2 Å². The van der Waals surface area contributed by atoms with Crippen LogP contribution in [0.1, 0.15) is 53.4 Å². The zero-order valence-electron chi connectivity index (χ0n) is 11.3. The van der Waals surface area contributed by atoms with Crippen LogP contribution < -0.4 is 0 Å². The summed E-state index contributed by atoms with van der Waals surface area (Å²) in [5.74, 6) is 0. The molecule has 0 N–H and O–H groups in total. The van der Waals surface area contributed by atoms with E-state index in [-0.39, 0.29) is 0 Å². The van der Waals surface area contributed by atoms with E-state index in [2.05, 4.69) is 39.8 Å². The highest BCUT2D eigenvalue weighted by Crippen LogP contribution is 2.27. The SMILES string of the molecule is CC=CCCCCC[Si](CC)(CC)CC. The largest absolute Gasteiger partial charge is 0.0917 e. The van der Waals surface area contributed by atoms with Gasteiger partial charge in [-0.3, -0.25) is 0 Å². The Labute approximate surface area is 98.2 Å². The van der Waals surface area contributed by atoms with Gasteiger partial charge < -0.3 is 0 Å². The predicted octanol–water partition coefficient (Wildman–Crippen LogP) is 5.63. The van der Waals surface area contributed by atoms with Crippen molar-refractivity contribution in [3.63, 3.8) is 0 Å². The second kappa shape index (κ2) is 9.20. The van der Waals surface area contributed by atoms with Gasteiger partial charge in [0.2, 0.25) is 0 Å². The molecule has 0 aliphatic heterocycles. The number of rotatable bonds is 9. The Hall–Kier alpha value is -0.0431. The van der Waals surface area contributed by atoms with Crippen LogP contribution in [0.15, 0.2) is 12.2 Å². The molecular formula is C14H30Si. The van der Waals surface area contributed by atoms with Gasteiger partial charge in [0, 0.05) is 0 Å². The van der Waals surface area contributed by atoms with Crippen molar-refractivity contribution >= 4 is 8.07 Å². The lowest BCUT2D eigenvalue weighted by Gasteiger charge is -2.27. The Morgan fingerprint density at radius 2 is 1.47 bits per heavy atom. The van der Waals surface area contributed by atoms with Crippen molar-refractivity contribution in [2.45, 2.75) is 77.6 Å². The summed E-state index contributed by atoms with van der Waals surface area (Å²) in [6.07, 6.45) is 10.1. The molecule has 0 amide bonds. The summed E-state index contributed by atoms with van der Waals surface area (Å²) in [7, 11) is -0.804. The Bertz CT molecular complexity index is 148. The van der Waals surface area contributed by atoms with Gasteiger partial charge >= 0.3 is 0 Å². The molecule has 0 bridgehead atoms. The molecule has 0 radical (unpaired) electrons. The van der Waals surface area contributed by atoms with E-state index in [0.29, 0.717) is 0 Å². The third-order valence-corrected chi connectivity index (χ3v) is 9.98. The minimum absolute atomic E-state index is 0.804.